The third-order valence-corrected chi connectivity index (χ3v) is 5.53. The molecule has 3 rings (SSSR count). The molecular weight excluding hydrogens is 352 g/mol. The minimum atomic E-state index is -0.445. The van der Waals surface area contributed by atoms with Gasteiger partial charge in [0.25, 0.3) is 11.8 Å². The van der Waals surface area contributed by atoms with Gasteiger partial charge in [-0.1, -0.05) is 19.1 Å². The molecule has 0 spiro atoms. The molecule has 1 atom stereocenters. The van der Waals surface area contributed by atoms with E-state index >= 15 is 0 Å². The highest BCUT2D eigenvalue weighted by Gasteiger charge is 2.20. The number of fused-ring (bicyclic) bond motifs is 1. The number of carbonyl (C=O) groups is 2. The molecule has 0 radical (unpaired) electrons. The van der Waals surface area contributed by atoms with Crippen LogP contribution in [-0.4, -0.2) is 25.5 Å². The van der Waals surface area contributed by atoms with Gasteiger partial charge in [-0.15, -0.1) is 11.3 Å². The standard InChI is InChI=1S/C19H22N2O4S/c1-12-7-8-16-13(9-12)10-17(26-16)19(23)21-20-18(22)11-25-15-6-4-3-5-14(15)24-2/h3-6,10,12H,7-9,11H2,1-2H3,(H,20,22)(H,21,23). The number of hydrazine groups is 1. The largest absolute Gasteiger partial charge is 0.493 e. The first kappa shape index (κ1) is 18.3. The number of thiophene rings is 1. The summed E-state index contributed by atoms with van der Waals surface area (Å²) in [6.07, 6.45) is 3.19. The van der Waals surface area contributed by atoms with E-state index in [-0.39, 0.29) is 12.5 Å². The number of methoxy groups -OCH3 is 1. The summed E-state index contributed by atoms with van der Waals surface area (Å²) in [6, 6.07) is 8.99. The Kier molecular flexibility index (Phi) is 5.78. The maximum absolute atomic E-state index is 12.2. The van der Waals surface area contributed by atoms with Crippen LogP contribution in [0.4, 0.5) is 0 Å². The van der Waals surface area contributed by atoms with Crippen LogP contribution in [-0.2, 0) is 17.6 Å². The average molecular weight is 374 g/mol. The minimum Gasteiger partial charge on any atom is -0.493 e. The summed E-state index contributed by atoms with van der Waals surface area (Å²) in [5.74, 6) is 0.918. The lowest BCUT2D eigenvalue weighted by molar-refractivity contribution is -0.123. The highest BCUT2D eigenvalue weighted by Crippen LogP contribution is 2.32. The molecule has 1 aliphatic rings. The third kappa shape index (κ3) is 4.35. The summed E-state index contributed by atoms with van der Waals surface area (Å²) in [7, 11) is 1.53. The van der Waals surface area contributed by atoms with Crippen molar-refractivity contribution in [2.24, 2.45) is 5.92 Å². The van der Waals surface area contributed by atoms with E-state index in [0.717, 1.165) is 19.3 Å². The number of ether oxygens (including phenoxy) is 2. The quantitative estimate of drug-likeness (QED) is 0.789. The molecule has 0 saturated heterocycles. The normalized spacial score (nSPS) is 15.7. The van der Waals surface area contributed by atoms with Crippen molar-refractivity contribution >= 4 is 23.2 Å². The van der Waals surface area contributed by atoms with Gasteiger partial charge in [0.05, 0.1) is 12.0 Å². The van der Waals surface area contributed by atoms with Gasteiger partial charge in [0.1, 0.15) is 0 Å². The van der Waals surface area contributed by atoms with Crippen LogP contribution in [0.3, 0.4) is 0 Å². The van der Waals surface area contributed by atoms with Crippen LogP contribution in [0.1, 0.15) is 33.5 Å². The molecule has 0 aliphatic heterocycles. The fourth-order valence-electron chi connectivity index (χ4n) is 2.92. The van der Waals surface area contributed by atoms with Crippen LogP contribution in [0.25, 0.3) is 0 Å². The van der Waals surface area contributed by atoms with Gasteiger partial charge < -0.3 is 9.47 Å². The third-order valence-electron chi connectivity index (χ3n) is 4.30. The molecule has 2 N–H and O–H groups in total. The number of aryl methyl sites for hydroxylation is 1. The zero-order chi connectivity index (χ0) is 18.5. The number of rotatable bonds is 5. The summed E-state index contributed by atoms with van der Waals surface area (Å²) < 4.78 is 10.6. The Morgan fingerprint density at radius 1 is 1.23 bits per heavy atom. The molecule has 1 aliphatic carbocycles. The van der Waals surface area contributed by atoms with Crippen molar-refractivity contribution in [3.63, 3.8) is 0 Å². The Labute approximate surface area is 156 Å². The predicted octanol–water partition coefficient (Wildman–Crippen LogP) is 2.72. The molecule has 1 aromatic carbocycles. The van der Waals surface area contributed by atoms with Crippen LogP contribution in [0.5, 0.6) is 11.5 Å². The molecule has 0 bridgehead atoms. The van der Waals surface area contributed by atoms with Crippen molar-refractivity contribution in [1.82, 2.24) is 10.9 Å². The van der Waals surface area contributed by atoms with Gasteiger partial charge >= 0.3 is 0 Å². The highest BCUT2D eigenvalue weighted by molar-refractivity contribution is 7.14. The van der Waals surface area contributed by atoms with Crippen LogP contribution in [0, 0.1) is 5.92 Å². The van der Waals surface area contributed by atoms with Gasteiger partial charge in [-0.25, -0.2) is 0 Å². The van der Waals surface area contributed by atoms with Crippen molar-refractivity contribution in [3.8, 4) is 11.5 Å². The molecule has 2 aromatic rings. The molecule has 0 saturated carbocycles. The zero-order valence-electron chi connectivity index (χ0n) is 14.8. The van der Waals surface area contributed by atoms with Crippen LogP contribution in [0.15, 0.2) is 30.3 Å². The van der Waals surface area contributed by atoms with Crippen molar-refractivity contribution in [3.05, 3.63) is 45.6 Å². The number of nitrogens with one attached hydrogen (secondary N) is 2. The molecule has 2 amide bonds. The van der Waals surface area contributed by atoms with Crippen LogP contribution >= 0.6 is 11.3 Å². The zero-order valence-corrected chi connectivity index (χ0v) is 15.7. The SMILES string of the molecule is COc1ccccc1OCC(=O)NNC(=O)c1cc2c(s1)CCC(C)C2. The number of amides is 2. The van der Waals surface area contributed by atoms with Gasteiger partial charge in [0.15, 0.2) is 18.1 Å². The minimum absolute atomic E-state index is 0.223. The van der Waals surface area contributed by atoms with E-state index in [2.05, 4.69) is 17.8 Å². The van der Waals surface area contributed by atoms with Crippen molar-refractivity contribution < 1.29 is 19.1 Å². The summed E-state index contributed by atoms with van der Waals surface area (Å²) in [4.78, 5) is 26.0. The number of para-hydroxylation sites is 2. The Morgan fingerprint density at radius 2 is 2.00 bits per heavy atom. The number of hydrogen-bond acceptors (Lipinski definition) is 5. The van der Waals surface area contributed by atoms with E-state index in [1.807, 2.05) is 12.1 Å². The van der Waals surface area contributed by atoms with Crippen molar-refractivity contribution in [2.45, 2.75) is 26.2 Å². The van der Waals surface area contributed by atoms with E-state index < -0.39 is 5.91 Å². The highest BCUT2D eigenvalue weighted by atomic mass is 32.1. The summed E-state index contributed by atoms with van der Waals surface area (Å²) in [5.41, 5.74) is 6.08. The number of hydrogen-bond donors (Lipinski definition) is 2. The molecule has 7 heteroatoms. The first-order valence-corrected chi connectivity index (χ1v) is 9.35. The lowest BCUT2D eigenvalue weighted by Gasteiger charge is -2.16. The van der Waals surface area contributed by atoms with E-state index in [1.165, 1.54) is 28.9 Å². The number of carbonyl (C=O) groups excluding carboxylic acids is 2. The lowest BCUT2D eigenvalue weighted by Crippen LogP contribution is -2.43. The predicted molar refractivity (Wildman–Crippen MR) is 99.6 cm³/mol. The fourth-order valence-corrected chi connectivity index (χ4v) is 4.03. The summed E-state index contributed by atoms with van der Waals surface area (Å²) >= 11 is 1.50. The first-order valence-electron chi connectivity index (χ1n) is 8.53. The number of benzene rings is 1. The molecular formula is C19H22N2O4S. The van der Waals surface area contributed by atoms with Gasteiger partial charge in [-0.05, 0) is 48.9 Å². The monoisotopic (exact) mass is 374 g/mol. The second kappa shape index (κ2) is 8.23. The summed E-state index contributed by atoms with van der Waals surface area (Å²) in [6.45, 7) is 2.00. The van der Waals surface area contributed by atoms with Gasteiger partial charge in [-0.3, -0.25) is 20.4 Å². The Balaban J connectivity index is 1.49. The lowest BCUT2D eigenvalue weighted by atomic mass is 9.90. The smallest absolute Gasteiger partial charge is 0.279 e. The molecule has 1 aromatic heterocycles. The maximum atomic E-state index is 12.2. The Bertz CT molecular complexity index is 803. The van der Waals surface area contributed by atoms with Crippen molar-refractivity contribution in [1.29, 1.82) is 0 Å². The van der Waals surface area contributed by atoms with Crippen molar-refractivity contribution in [2.75, 3.05) is 13.7 Å². The summed E-state index contributed by atoms with van der Waals surface area (Å²) in [5, 5.41) is 0. The van der Waals surface area contributed by atoms with Gasteiger partial charge in [0.2, 0.25) is 0 Å². The molecule has 1 heterocycles. The second-order valence-corrected chi connectivity index (χ2v) is 7.49. The molecule has 1 unspecified atom stereocenters. The van der Waals surface area contributed by atoms with Gasteiger partial charge in [-0.2, -0.15) is 0 Å². The molecule has 0 fully saturated rings. The second-order valence-electron chi connectivity index (χ2n) is 6.35. The van der Waals surface area contributed by atoms with E-state index in [4.69, 9.17) is 9.47 Å². The fraction of sp³-hybridized carbons (Fsp3) is 0.368. The molecule has 6 nitrogen and oxygen atoms in total. The van der Waals surface area contributed by atoms with E-state index in [0.29, 0.717) is 22.3 Å². The average Bonchev–Trinajstić information content (AvgIpc) is 3.07. The molecule has 26 heavy (non-hydrogen) atoms. The Morgan fingerprint density at radius 3 is 2.77 bits per heavy atom. The first-order chi connectivity index (χ1) is 12.6. The topological polar surface area (TPSA) is 76.7 Å². The van der Waals surface area contributed by atoms with Crippen LogP contribution < -0.4 is 20.3 Å². The Hall–Kier alpha value is -2.54. The molecule has 138 valence electrons. The van der Waals surface area contributed by atoms with Gasteiger partial charge in [0, 0.05) is 4.88 Å². The van der Waals surface area contributed by atoms with Crippen LogP contribution in [0.2, 0.25) is 0 Å². The maximum Gasteiger partial charge on any atom is 0.279 e. The van der Waals surface area contributed by atoms with E-state index in [1.54, 1.807) is 18.2 Å². The van der Waals surface area contributed by atoms with E-state index in [9.17, 15) is 9.59 Å².